The molecular formula is C16H28N2O2. The number of hydrogen-bond donors (Lipinski definition) is 1. The van der Waals surface area contributed by atoms with Gasteiger partial charge in [-0.05, 0) is 45.4 Å². The second-order valence-corrected chi connectivity index (χ2v) is 6.93. The number of nitrogens with one attached hydrogen (secondary N) is 1. The summed E-state index contributed by atoms with van der Waals surface area (Å²) in [6.07, 6.45) is 11.3. The van der Waals surface area contributed by atoms with Crippen LogP contribution in [-0.2, 0) is 4.74 Å². The third-order valence-corrected chi connectivity index (χ3v) is 5.67. The van der Waals surface area contributed by atoms with Crippen molar-refractivity contribution >= 4 is 6.09 Å². The van der Waals surface area contributed by atoms with E-state index in [9.17, 15) is 4.79 Å². The first-order valence-electron chi connectivity index (χ1n) is 8.38. The maximum atomic E-state index is 12.0. The van der Waals surface area contributed by atoms with E-state index in [1.54, 1.807) is 0 Å². The number of ether oxygens (including phenoxy) is 1. The summed E-state index contributed by atoms with van der Waals surface area (Å²) in [5.74, 6) is 0. The van der Waals surface area contributed by atoms with Crippen LogP contribution in [0.4, 0.5) is 4.79 Å². The van der Waals surface area contributed by atoms with Crippen LogP contribution in [0.3, 0.4) is 0 Å². The normalized spacial score (nSPS) is 37.5. The van der Waals surface area contributed by atoms with Gasteiger partial charge >= 0.3 is 6.09 Å². The molecule has 3 saturated heterocycles. The van der Waals surface area contributed by atoms with Gasteiger partial charge in [0.1, 0.15) is 0 Å². The molecule has 3 rings (SSSR count). The average Bonchev–Trinajstić information content (AvgIpc) is 2.79. The van der Waals surface area contributed by atoms with Crippen LogP contribution in [-0.4, -0.2) is 41.8 Å². The molecule has 1 N–H and O–H groups in total. The molecule has 3 fully saturated rings. The summed E-state index contributed by atoms with van der Waals surface area (Å²) in [4.78, 5) is 14.0. The van der Waals surface area contributed by atoms with Crippen LogP contribution in [0, 0.1) is 0 Å². The summed E-state index contributed by atoms with van der Waals surface area (Å²) in [7, 11) is 0. The molecule has 4 heteroatoms. The summed E-state index contributed by atoms with van der Waals surface area (Å²) in [6, 6.07) is 0. The van der Waals surface area contributed by atoms with Gasteiger partial charge in [0.05, 0.1) is 6.61 Å². The van der Waals surface area contributed by atoms with Crippen molar-refractivity contribution in [3.63, 3.8) is 0 Å². The van der Waals surface area contributed by atoms with Crippen molar-refractivity contribution in [2.45, 2.75) is 75.8 Å². The highest BCUT2D eigenvalue weighted by Crippen LogP contribution is 2.44. The Balaban J connectivity index is 1.76. The van der Waals surface area contributed by atoms with Crippen molar-refractivity contribution in [2.24, 2.45) is 0 Å². The lowest BCUT2D eigenvalue weighted by atomic mass is 9.84. The molecular weight excluding hydrogens is 252 g/mol. The van der Waals surface area contributed by atoms with Gasteiger partial charge in [-0.2, -0.15) is 0 Å². The zero-order valence-corrected chi connectivity index (χ0v) is 12.7. The Hall–Kier alpha value is -0.770. The minimum Gasteiger partial charge on any atom is -0.450 e. The molecule has 114 valence electrons. The number of amides is 1. The van der Waals surface area contributed by atoms with E-state index >= 15 is 0 Å². The number of nitrogens with zero attached hydrogens (tertiary/aromatic N) is 1. The van der Waals surface area contributed by atoms with Crippen molar-refractivity contribution in [3.05, 3.63) is 0 Å². The fourth-order valence-electron chi connectivity index (χ4n) is 4.48. The largest absolute Gasteiger partial charge is 0.450 e. The quantitative estimate of drug-likeness (QED) is 0.802. The molecule has 2 atom stereocenters. The standard InChI is InChI=1S/C16H28N2O2/c1-2-20-14(19)18-12-10-15-6-4-3-5-7-16(17-15,9-8-15)11-13-18/h17H,2-13H2,1H3. The van der Waals surface area contributed by atoms with Gasteiger partial charge in [-0.1, -0.05) is 19.3 Å². The number of carbonyl (C=O) groups excluding carboxylic acids is 1. The monoisotopic (exact) mass is 280 g/mol. The van der Waals surface area contributed by atoms with Gasteiger partial charge in [-0.25, -0.2) is 4.79 Å². The molecule has 4 nitrogen and oxygen atoms in total. The van der Waals surface area contributed by atoms with Crippen LogP contribution >= 0.6 is 0 Å². The molecule has 0 aromatic heterocycles. The minimum absolute atomic E-state index is 0.115. The van der Waals surface area contributed by atoms with Crippen molar-refractivity contribution in [3.8, 4) is 0 Å². The van der Waals surface area contributed by atoms with E-state index in [0.29, 0.717) is 17.7 Å². The molecule has 0 aliphatic carbocycles. The first-order chi connectivity index (χ1) is 9.67. The van der Waals surface area contributed by atoms with Crippen LogP contribution < -0.4 is 5.32 Å². The van der Waals surface area contributed by atoms with E-state index in [-0.39, 0.29) is 6.09 Å². The van der Waals surface area contributed by atoms with Crippen molar-refractivity contribution in [1.29, 1.82) is 0 Å². The lowest BCUT2D eigenvalue weighted by Gasteiger charge is -2.42. The third-order valence-electron chi connectivity index (χ3n) is 5.67. The van der Waals surface area contributed by atoms with Crippen LogP contribution in [0.1, 0.15) is 64.7 Å². The van der Waals surface area contributed by atoms with E-state index in [1.165, 1.54) is 44.9 Å². The lowest BCUT2D eigenvalue weighted by Crippen LogP contribution is -2.56. The van der Waals surface area contributed by atoms with Gasteiger partial charge in [0.15, 0.2) is 0 Å². The van der Waals surface area contributed by atoms with Crippen LogP contribution in [0.2, 0.25) is 0 Å². The highest BCUT2D eigenvalue weighted by atomic mass is 16.6. The molecule has 0 radical (unpaired) electrons. The molecule has 3 aliphatic rings. The van der Waals surface area contributed by atoms with E-state index in [2.05, 4.69) is 5.32 Å². The molecule has 0 aromatic rings. The minimum atomic E-state index is -0.115. The molecule has 2 unspecified atom stereocenters. The Labute approximate surface area is 122 Å². The van der Waals surface area contributed by atoms with Gasteiger partial charge in [0.2, 0.25) is 0 Å². The highest BCUT2D eigenvalue weighted by Gasteiger charge is 2.48. The Morgan fingerprint density at radius 1 is 1.00 bits per heavy atom. The van der Waals surface area contributed by atoms with Crippen molar-refractivity contribution in [1.82, 2.24) is 10.2 Å². The molecule has 2 bridgehead atoms. The fourth-order valence-corrected chi connectivity index (χ4v) is 4.48. The van der Waals surface area contributed by atoms with E-state index in [0.717, 1.165) is 25.9 Å². The van der Waals surface area contributed by atoms with Crippen LogP contribution in [0.5, 0.6) is 0 Å². The zero-order valence-electron chi connectivity index (χ0n) is 12.7. The number of hydrogen-bond acceptors (Lipinski definition) is 3. The van der Waals surface area contributed by atoms with Gasteiger partial charge in [-0.15, -0.1) is 0 Å². The van der Waals surface area contributed by atoms with E-state index in [1.807, 2.05) is 11.8 Å². The molecule has 0 saturated carbocycles. The Kier molecular flexibility index (Phi) is 3.93. The maximum absolute atomic E-state index is 12.0. The maximum Gasteiger partial charge on any atom is 0.409 e. The molecule has 3 heterocycles. The third kappa shape index (κ3) is 2.67. The second-order valence-electron chi connectivity index (χ2n) is 6.93. The topological polar surface area (TPSA) is 41.6 Å². The summed E-state index contributed by atoms with van der Waals surface area (Å²) in [6.45, 7) is 4.06. The predicted molar refractivity (Wildman–Crippen MR) is 78.7 cm³/mol. The second kappa shape index (κ2) is 5.55. The summed E-state index contributed by atoms with van der Waals surface area (Å²) in [5.41, 5.74) is 0.594. The Morgan fingerprint density at radius 3 is 2.15 bits per heavy atom. The zero-order chi connectivity index (χ0) is 14.1. The Morgan fingerprint density at radius 2 is 1.60 bits per heavy atom. The van der Waals surface area contributed by atoms with Crippen LogP contribution in [0.15, 0.2) is 0 Å². The van der Waals surface area contributed by atoms with Gasteiger partial charge < -0.3 is 15.0 Å². The average molecular weight is 280 g/mol. The molecule has 1 amide bonds. The van der Waals surface area contributed by atoms with Crippen molar-refractivity contribution in [2.75, 3.05) is 19.7 Å². The predicted octanol–water partition coefficient (Wildman–Crippen LogP) is 3.06. The van der Waals surface area contributed by atoms with Gasteiger partial charge in [-0.3, -0.25) is 0 Å². The van der Waals surface area contributed by atoms with Gasteiger partial charge in [0.25, 0.3) is 0 Å². The number of rotatable bonds is 1. The van der Waals surface area contributed by atoms with Crippen molar-refractivity contribution < 1.29 is 9.53 Å². The highest BCUT2D eigenvalue weighted by molar-refractivity contribution is 5.67. The molecule has 20 heavy (non-hydrogen) atoms. The first-order valence-corrected chi connectivity index (χ1v) is 8.38. The molecule has 3 aliphatic heterocycles. The van der Waals surface area contributed by atoms with Crippen LogP contribution in [0.25, 0.3) is 0 Å². The smallest absolute Gasteiger partial charge is 0.409 e. The first kappa shape index (κ1) is 14.2. The van der Waals surface area contributed by atoms with E-state index < -0.39 is 0 Å². The fraction of sp³-hybridized carbons (Fsp3) is 0.938. The summed E-state index contributed by atoms with van der Waals surface area (Å²) < 4.78 is 5.21. The number of carbonyl (C=O) groups is 1. The molecule has 0 spiro atoms. The Bertz CT molecular complexity index is 349. The van der Waals surface area contributed by atoms with E-state index in [4.69, 9.17) is 4.74 Å². The van der Waals surface area contributed by atoms with Gasteiger partial charge in [0, 0.05) is 24.2 Å². The lowest BCUT2D eigenvalue weighted by molar-refractivity contribution is 0.0863. The SMILES string of the molecule is CCOC(=O)N1CCC23CCCCCC(CC1)(CC2)N3. The summed E-state index contributed by atoms with van der Waals surface area (Å²) in [5, 5.41) is 4.03. The summed E-state index contributed by atoms with van der Waals surface area (Å²) >= 11 is 0. The molecule has 0 aromatic carbocycles.